The van der Waals surface area contributed by atoms with Crippen LogP contribution < -0.4 is 5.32 Å². The number of rotatable bonds is 6. The van der Waals surface area contributed by atoms with E-state index in [0.29, 0.717) is 21.7 Å². The number of para-hydroxylation sites is 1. The van der Waals surface area contributed by atoms with E-state index in [4.69, 9.17) is 0 Å². The van der Waals surface area contributed by atoms with Crippen LogP contribution in [0.2, 0.25) is 0 Å². The Morgan fingerprint density at radius 2 is 1.50 bits per heavy atom. The van der Waals surface area contributed by atoms with E-state index in [2.05, 4.69) is 26.1 Å². The number of benzene rings is 3. The molecule has 1 fully saturated rings. The summed E-state index contributed by atoms with van der Waals surface area (Å²) in [6, 6.07) is 23.7. The fourth-order valence-corrected chi connectivity index (χ4v) is 6.74. The van der Waals surface area contributed by atoms with E-state index in [-0.39, 0.29) is 11.2 Å². The minimum absolute atomic E-state index is 0.144. The van der Waals surface area contributed by atoms with Crippen molar-refractivity contribution in [3.63, 3.8) is 0 Å². The molecule has 1 aromatic heterocycles. The number of aliphatic carboxylic acids is 1. The number of carbonyl (C=O) groups is 3. The molecule has 2 N–H and O–H groups in total. The monoisotopic (exact) mass is 584 g/mol. The molecule has 0 bridgehead atoms. The highest BCUT2D eigenvalue weighted by atomic mass is 32.1. The first-order valence-corrected chi connectivity index (χ1v) is 14.6. The first-order chi connectivity index (χ1) is 19.9. The van der Waals surface area contributed by atoms with Crippen molar-refractivity contribution < 1.29 is 23.9 Å². The largest absolute Gasteiger partial charge is 0.479 e. The second kappa shape index (κ2) is 11.2. The summed E-state index contributed by atoms with van der Waals surface area (Å²) in [5, 5.41) is 15.6. The Hall–Kier alpha value is -4.30. The molecular weight excluding hydrogens is 551 g/mol. The Bertz CT molecular complexity index is 1580. The van der Waals surface area contributed by atoms with Crippen molar-refractivity contribution >= 4 is 34.8 Å². The highest BCUT2D eigenvalue weighted by Gasteiger charge is 2.65. The van der Waals surface area contributed by atoms with Gasteiger partial charge in [-0.1, -0.05) is 81.4 Å². The average Bonchev–Trinajstić information content (AvgIpc) is 3.59. The Kier molecular flexibility index (Phi) is 7.77. The van der Waals surface area contributed by atoms with Gasteiger partial charge in [0, 0.05) is 11.6 Å². The summed E-state index contributed by atoms with van der Waals surface area (Å²) >= 11 is 1.27. The molecule has 2 amide bonds. The number of nitrogens with one attached hydrogen (secondary N) is 1. The summed E-state index contributed by atoms with van der Waals surface area (Å²) in [4.78, 5) is 43.7. The van der Waals surface area contributed by atoms with E-state index in [1.54, 1.807) is 47.8 Å². The summed E-state index contributed by atoms with van der Waals surface area (Å²) < 4.78 is 14.1. The van der Waals surface area contributed by atoms with E-state index in [1.165, 1.54) is 47.4 Å². The van der Waals surface area contributed by atoms with E-state index >= 15 is 0 Å². The summed E-state index contributed by atoms with van der Waals surface area (Å²) in [6.07, 6.45) is 0. The number of hydrogen-bond donors (Lipinski definition) is 2. The van der Waals surface area contributed by atoms with E-state index in [9.17, 15) is 23.9 Å². The van der Waals surface area contributed by atoms with Crippen LogP contribution in [0.3, 0.4) is 0 Å². The molecule has 2 heterocycles. The maximum Gasteiger partial charge on any atom is 0.330 e. The van der Waals surface area contributed by atoms with E-state index in [1.807, 2.05) is 24.3 Å². The molecule has 1 saturated heterocycles. The molecule has 42 heavy (non-hydrogen) atoms. The molecule has 0 saturated carbocycles. The topological polar surface area (TPSA) is 86.7 Å². The molecule has 4 unspecified atom stereocenters. The lowest BCUT2D eigenvalue weighted by Gasteiger charge is -2.38. The van der Waals surface area contributed by atoms with E-state index < -0.39 is 41.2 Å². The number of hydrogen-bond acceptors (Lipinski definition) is 4. The molecule has 4 aromatic rings. The van der Waals surface area contributed by atoms with Gasteiger partial charge in [0.2, 0.25) is 0 Å². The number of ketones is 1. The summed E-state index contributed by atoms with van der Waals surface area (Å²) in [5.41, 5.74) is 0.636. The highest BCUT2D eigenvalue weighted by Crippen LogP contribution is 2.57. The summed E-state index contributed by atoms with van der Waals surface area (Å²) in [5.74, 6) is -3.89. The molecule has 1 aliphatic rings. The minimum atomic E-state index is -1.85. The van der Waals surface area contributed by atoms with Crippen LogP contribution >= 0.6 is 11.3 Å². The van der Waals surface area contributed by atoms with Crippen molar-refractivity contribution in [3.05, 3.63) is 124 Å². The molecule has 216 valence electrons. The smallest absolute Gasteiger partial charge is 0.330 e. The lowest BCUT2D eigenvalue weighted by atomic mass is 9.72. The fourth-order valence-electron chi connectivity index (χ4n) is 6.03. The molecule has 6 nitrogen and oxygen atoms in total. The van der Waals surface area contributed by atoms with Gasteiger partial charge in [0.05, 0.1) is 16.8 Å². The van der Waals surface area contributed by atoms with Crippen LogP contribution in [0.25, 0.3) is 0 Å². The van der Waals surface area contributed by atoms with Gasteiger partial charge in [0.15, 0.2) is 5.78 Å². The van der Waals surface area contributed by atoms with Gasteiger partial charge in [-0.3, -0.25) is 9.69 Å². The van der Waals surface area contributed by atoms with Gasteiger partial charge in [-0.25, -0.2) is 14.0 Å². The Morgan fingerprint density at radius 3 is 2.05 bits per heavy atom. The second-order valence-corrected chi connectivity index (χ2v) is 12.8. The normalized spacial score (nSPS) is 22.1. The van der Waals surface area contributed by atoms with Gasteiger partial charge in [0.1, 0.15) is 11.4 Å². The van der Waals surface area contributed by atoms with Crippen LogP contribution in [0.15, 0.2) is 96.4 Å². The summed E-state index contributed by atoms with van der Waals surface area (Å²) in [6.45, 7) is 7.76. The van der Waals surface area contributed by atoms with Gasteiger partial charge in [-0.15, -0.1) is 11.3 Å². The number of Topliss-reactive ketones (excluding diaryl/α,β-unsaturated/α-hetero) is 1. The minimum Gasteiger partial charge on any atom is -0.479 e. The molecule has 0 radical (unpaired) electrons. The molecule has 0 aliphatic carbocycles. The van der Waals surface area contributed by atoms with Crippen molar-refractivity contribution in [1.82, 2.24) is 4.90 Å². The number of halogens is 1. The van der Waals surface area contributed by atoms with Crippen LogP contribution in [0.5, 0.6) is 0 Å². The first kappa shape index (κ1) is 29.2. The Labute approximate surface area is 248 Å². The third-order valence-corrected chi connectivity index (χ3v) is 9.06. The third kappa shape index (κ3) is 5.23. The van der Waals surface area contributed by atoms with Crippen molar-refractivity contribution in [2.45, 2.75) is 50.6 Å². The average molecular weight is 585 g/mol. The van der Waals surface area contributed by atoms with Crippen LogP contribution in [0.1, 0.15) is 66.0 Å². The number of likely N-dealkylation sites (tertiary alicyclic amines) is 1. The SMILES string of the molecule is CC(C)(C)c1ccc(C2C(C(=O)c3cccs3)C(c3ccc(F)cc3)N(C(=O)Nc3ccccc3)C2(C)C(=O)O)cc1. The number of thiophene rings is 1. The molecular formula is C34H33FN2O4S. The number of urea groups is 1. The van der Waals surface area contributed by atoms with Crippen molar-refractivity contribution in [3.8, 4) is 0 Å². The predicted octanol–water partition coefficient (Wildman–Crippen LogP) is 7.90. The third-order valence-electron chi connectivity index (χ3n) is 8.17. The molecule has 1 aliphatic heterocycles. The van der Waals surface area contributed by atoms with Crippen LogP contribution in [0.4, 0.5) is 14.9 Å². The Morgan fingerprint density at radius 1 is 0.881 bits per heavy atom. The maximum absolute atomic E-state index is 14.4. The van der Waals surface area contributed by atoms with Crippen molar-refractivity contribution in [2.24, 2.45) is 5.92 Å². The van der Waals surface area contributed by atoms with Crippen LogP contribution in [-0.4, -0.2) is 33.3 Å². The Balaban J connectivity index is 1.76. The van der Waals surface area contributed by atoms with Gasteiger partial charge >= 0.3 is 12.0 Å². The van der Waals surface area contributed by atoms with Crippen molar-refractivity contribution in [2.75, 3.05) is 5.32 Å². The first-order valence-electron chi connectivity index (χ1n) is 13.8. The van der Waals surface area contributed by atoms with Gasteiger partial charge in [-0.2, -0.15) is 0 Å². The zero-order valence-electron chi connectivity index (χ0n) is 23.9. The van der Waals surface area contributed by atoms with E-state index in [0.717, 1.165) is 5.56 Å². The number of anilines is 1. The zero-order chi connectivity index (χ0) is 30.2. The highest BCUT2D eigenvalue weighted by molar-refractivity contribution is 7.12. The van der Waals surface area contributed by atoms with Gasteiger partial charge < -0.3 is 10.4 Å². The maximum atomic E-state index is 14.4. The fraction of sp³-hybridized carbons (Fsp3) is 0.265. The molecule has 0 spiro atoms. The summed E-state index contributed by atoms with van der Waals surface area (Å²) in [7, 11) is 0. The number of carboxylic acid groups (broad SMARTS) is 1. The number of carboxylic acids is 1. The number of nitrogens with zero attached hydrogens (tertiary/aromatic N) is 1. The van der Waals surface area contributed by atoms with Crippen LogP contribution in [0, 0.1) is 11.7 Å². The lowest BCUT2D eigenvalue weighted by Crippen LogP contribution is -2.55. The number of carbonyl (C=O) groups excluding carboxylic acids is 2. The van der Waals surface area contributed by atoms with Crippen molar-refractivity contribution in [1.29, 1.82) is 0 Å². The predicted molar refractivity (Wildman–Crippen MR) is 163 cm³/mol. The lowest BCUT2D eigenvalue weighted by molar-refractivity contribution is -0.148. The number of amides is 2. The van der Waals surface area contributed by atoms with Gasteiger partial charge in [-0.05, 0) is 64.7 Å². The molecule has 4 atom stereocenters. The second-order valence-electron chi connectivity index (χ2n) is 11.8. The molecule has 5 rings (SSSR count). The van der Waals surface area contributed by atoms with Crippen LogP contribution in [-0.2, 0) is 10.2 Å². The molecule has 3 aromatic carbocycles. The molecule has 8 heteroatoms. The van der Waals surface area contributed by atoms with Gasteiger partial charge in [0.25, 0.3) is 0 Å². The zero-order valence-corrected chi connectivity index (χ0v) is 24.7. The standard InChI is InChI=1S/C34H33FN2O4S/c1-33(2,3)23-16-12-21(13-17-23)28-27(30(38)26-11-8-20-42-26)29(22-14-18-24(35)19-15-22)37(34(28,4)31(39)40)32(41)36-25-9-6-5-7-10-25/h5-20,27-29H,1-4H3,(H,36,41)(H,39,40). The quantitative estimate of drug-likeness (QED) is 0.226.